The number of hydrogen-bond acceptors (Lipinski definition) is 2. The van der Waals surface area contributed by atoms with Crippen LogP contribution < -0.4 is 0 Å². The van der Waals surface area contributed by atoms with Gasteiger partial charge in [-0.25, -0.2) is 4.79 Å². The summed E-state index contributed by atoms with van der Waals surface area (Å²) in [6, 6.07) is 1.24. The summed E-state index contributed by atoms with van der Waals surface area (Å²) in [6.45, 7) is 0. The number of aromatic carboxylic acids is 1. The van der Waals surface area contributed by atoms with E-state index in [4.69, 9.17) is 5.11 Å². The fourth-order valence-corrected chi connectivity index (χ4v) is 1.69. The maximum atomic E-state index is 12.4. The van der Waals surface area contributed by atoms with Crippen molar-refractivity contribution in [1.29, 1.82) is 0 Å². The Morgan fingerprint density at radius 3 is 2.60 bits per heavy atom. The van der Waals surface area contributed by atoms with Gasteiger partial charge in [0.25, 0.3) is 0 Å². The molecule has 0 atom stereocenters. The Balaban J connectivity index is 3.10. The number of carbonyl (C=O) groups is 1. The molecule has 1 heterocycles. The first kappa shape index (κ1) is 7.68. The van der Waals surface area contributed by atoms with E-state index in [-0.39, 0.29) is 9.35 Å². The first-order chi connectivity index (χ1) is 4.61. The van der Waals surface area contributed by atoms with Crippen LogP contribution in [0.1, 0.15) is 9.67 Å². The van der Waals surface area contributed by atoms with Gasteiger partial charge in [-0.3, -0.25) is 0 Å². The number of carboxylic acids is 1. The van der Waals surface area contributed by atoms with Crippen molar-refractivity contribution in [2.24, 2.45) is 0 Å². The fraction of sp³-hybridized carbons (Fsp3) is 0. The third kappa shape index (κ3) is 1.35. The number of thiophene rings is 1. The highest BCUT2D eigenvalue weighted by Gasteiger charge is 2.10. The lowest BCUT2D eigenvalue weighted by atomic mass is 10.5. The maximum absolute atomic E-state index is 12.4. The van der Waals surface area contributed by atoms with Gasteiger partial charge in [0.1, 0.15) is 4.88 Å². The molecule has 0 aromatic carbocycles. The summed E-state index contributed by atoms with van der Waals surface area (Å²) in [4.78, 5) is 10.2. The first-order valence-electron chi connectivity index (χ1n) is 2.29. The maximum Gasteiger partial charge on any atom is 0.346 e. The van der Waals surface area contributed by atoms with Crippen molar-refractivity contribution < 1.29 is 14.3 Å². The molecule has 0 unspecified atom stereocenters. The molecule has 0 bridgehead atoms. The monoisotopic (exact) mass is 224 g/mol. The number of hydrogen-bond donors (Lipinski definition) is 1. The molecule has 1 aromatic heterocycles. The summed E-state index contributed by atoms with van der Waals surface area (Å²) in [7, 11) is 0. The number of carboxylic acid groups (broad SMARTS) is 1. The number of halogens is 2. The summed E-state index contributed by atoms with van der Waals surface area (Å²) in [6.07, 6.45) is 0. The van der Waals surface area contributed by atoms with Gasteiger partial charge in [-0.1, -0.05) is 11.3 Å². The second-order valence-electron chi connectivity index (χ2n) is 1.54. The molecule has 1 rings (SSSR count). The lowest BCUT2D eigenvalue weighted by molar-refractivity contribution is 0.0702. The predicted octanol–water partition coefficient (Wildman–Crippen LogP) is 2.35. The smallest absolute Gasteiger partial charge is 0.346 e. The topological polar surface area (TPSA) is 37.3 Å². The average molecular weight is 225 g/mol. The molecule has 5 heteroatoms. The molecule has 0 saturated heterocycles. The molecule has 0 radical (unpaired) electrons. The van der Waals surface area contributed by atoms with E-state index in [0.717, 1.165) is 0 Å². The number of rotatable bonds is 1. The lowest BCUT2D eigenvalue weighted by Gasteiger charge is -1.79. The zero-order valence-electron chi connectivity index (χ0n) is 4.60. The highest BCUT2D eigenvalue weighted by atomic mass is 79.9. The molecule has 0 amide bonds. The highest BCUT2D eigenvalue weighted by Crippen LogP contribution is 2.24. The molecular formula is C5H2BrFO2S. The van der Waals surface area contributed by atoms with E-state index in [2.05, 4.69) is 15.9 Å². The molecule has 0 aliphatic carbocycles. The van der Waals surface area contributed by atoms with Gasteiger partial charge in [-0.2, -0.15) is 4.39 Å². The zero-order chi connectivity index (χ0) is 7.72. The predicted molar refractivity (Wildman–Crippen MR) is 38.9 cm³/mol. The van der Waals surface area contributed by atoms with Crippen molar-refractivity contribution in [3.8, 4) is 0 Å². The van der Waals surface area contributed by atoms with Crippen LogP contribution in [0.3, 0.4) is 0 Å². The van der Waals surface area contributed by atoms with Gasteiger partial charge in [0.05, 0.1) is 4.47 Å². The normalized spacial score (nSPS) is 9.80. The molecule has 0 spiro atoms. The standard InChI is InChI=1S/C5H2BrFO2S/c6-2-1-3(5(8)9)10-4(2)7/h1H,(H,8,9). The van der Waals surface area contributed by atoms with Gasteiger partial charge in [0, 0.05) is 0 Å². The van der Waals surface area contributed by atoms with E-state index in [1.165, 1.54) is 6.07 Å². The van der Waals surface area contributed by atoms with Crippen LogP contribution in [0.15, 0.2) is 10.5 Å². The van der Waals surface area contributed by atoms with Crippen LogP contribution in [0.2, 0.25) is 0 Å². The molecule has 2 nitrogen and oxygen atoms in total. The molecular weight excluding hydrogens is 223 g/mol. The van der Waals surface area contributed by atoms with Gasteiger partial charge in [-0.15, -0.1) is 0 Å². The van der Waals surface area contributed by atoms with Crippen molar-refractivity contribution in [2.75, 3.05) is 0 Å². The Hall–Kier alpha value is -0.420. The zero-order valence-corrected chi connectivity index (χ0v) is 7.00. The first-order valence-corrected chi connectivity index (χ1v) is 3.90. The summed E-state index contributed by atoms with van der Waals surface area (Å²) in [5.74, 6) is -1.10. The SMILES string of the molecule is O=C(O)c1cc(Br)c(F)s1. The van der Waals surface area contributed by atoms with Crippen molar-refractivity contribution in [3.63, 3.8) is 0 Å². The van der Waals surface area contributed by atoms with E-state index in [9.17, 15) is 9.18 Å². The van der Waals surface area contributed by atoms with Crippen LogP contribution in [0.25, 0.3) is 0 Å². The fourth-order valence-electron chi connectivity index (χ4n) is 0.452. The molecule has 1 aromatic rings. The van der Waals surface area contributed by atoms with Crippen molar-refractivity contribution >= 4 is 33.2 Å². The molecule has 0 aliphatic heterocycles. The van der Waals surface area contributed by atoms with Crippen molar-refractivity contribution in [1.82, 2.24) is 0 Å². The Bertz CT molecular complexity index is 251. The minimum atomic E-state index is -1.10. The van der Waals surface area contributed by atoms with E-state index < -0.39 is 11.1 Å². The van der Waals surface area contributed by atoms with Crippen molar-refractivity contribution in [2.45, 2.75) is 0 Å². The third-order valence-corrected chi connectivity index (χ3v) is 2.61. The van der Waals surface area contributed by atoms with Gasteiger partial charge in [-0.05, 0) is 22.0 Å². The summed E-state index contributed by atoms with van der Waals surface area (Å²) in [5, 5.41) is 7.84. The van der Waals surface area contributed by atoms with Gasteiger partial charge >= 0.3 is 5.97 Å². The van der Waals surface area contributed by atoms with Crippen LogP contribution in [0.4, 0.5) is 4.39 Å². The molecule has 10 heavy (non-hydrogen) atoms. The Morgan fingerprint density at radius 1 is 1.80 bits per heavy atom. The largest absolute Gasteiger partial charge is 0.477 e. The molecule has 54 valence electrons. The van der Waals surface area contributed by atoms with E-state index in [0.29, 0.717) is 11.3 Å². The summed E-state index contributed by atoms with van der Waals surface area (Å²) in [5.41, 5.74) is 0. The van der Waals surface area contributed by atoms with Crippen molar-refractivity contribution in [3.05, 3.63) is 20.5 Å². The molecule has 0 aliphatic rings. The Labute approximate surface area is 68.4 Å². The lowest BCUT2D eigenvalue weighted by Crippen LogP contribution is -1.89. The van der Waals surface area contributed by atoms with Crippen LogP contribution in [0.5, 0.6) is 0 Å². The minimum Gasteiger partial charge on any atom is -0.477 e. The van der Waals surface area contributed by atoms with E-state index in [1.54, 1.807) is 0 Å². The second kappa shape index (κ2) is 2.67. The second-order valence-corrected chi connectivity index (χ2v) is 3.39. The molecule has 0 fully saturated rings. The average Bonchev–Trinajstić information content (AvgIpc) is 2.13. The van der Waals surface area contributed by atoms with Crippen LogP contribution in [-0.2, 0) is 0 Å². The van der Waals surface area contributed by atoms with Crippen LogP contribution in [-0.4, -0.2) is 11.1 Å². The van der Waals surface area contributed by atoms with Crippen LogP contribution >= 0.6 is 27.3 Å². The van der Waals surface area contributed by atoms with E-state index >= 15 is 0 Å². The Kier molecular flexibility index (Phi) is 2.05. The van der Waals surface area contributed by atoms with E-state index in [1.807, 2.05) is 0 Å². The minimum absolute atomic E-state index is 0.00405. The Morgan fingerprint density at radius 2 is 2.40 bits per heavy atom. The summed E-state index contributed by atoms with van der Waals surface area (Å²) >= 11 is 3.47. The van der Waals surface area contributed by atoms with Gasteiger partial charge < -0.3 is 5.11 Å². The quantitative estimate of drug-likeness (QED) is 0.796. The van der Waals surface area contributed by atoms with Gasteiger partial charge in [0.2, 0.25) is 0 Å². The third-order valence-electron chi connectivity index (χ3n) is 0.856. The van der Waals surface area contributed by atoms with Gasteiger partial charge in [0.15, 0.2) is 5.13 Å². The molecule has 1 N–H and O–H groups in total. The summed E-state index contributed by atoms with van der Waals surface area (Å²) < 4.78 is 12.6. The molecule has 0 saturated carbocycles. The van der Waals surface area contributed by atoms with Crippen LogP contribution in [0, 0.1) is 5.13 Å². The highest BCUT2D eigenvalue weighted by molar-refractivity contribution is 9.10.